The standard InChI is InChI=1S/C18H13F2N3O2S/c19-11-3-1-4-12(9-11)25-16-10-21-17(26-16)22-18(24)23-8-7-13-14(20)5-2-6-15(13)23/h1-6,9-10H,7-8H2,(H,21,22,24). The van der Waals surface area contributed by atoms with Crippen molar-refractivity contribution in [3.8, 4) is 10.8 Å². The van der Waals surface area contributed by atoms with Crippen molar-refractivity contribution in [1.82, 2.24) is 4.98 Å². The molecule has 1 N–H and O–H groups in total. The monoisotopic (exact) mass is 373 g/mol. The van der Waals surface area contributed by atoms with Crippen molar-refractivity contribution in [3.63, 3.8) is 0 Å². The summed E-state index contributed by atoms with van der Waals surface area (Å²) < 4.78 is 32.5. The van der Waals surface area contributed by atoms with Crippen LogP contribution in [-0.2, 0) is 6.42 Å². The number of nitrogens with one attached hydrogen (secondary N) is 1. The fourth-order valence-corrected chi connectivity index (χ4v) is 3.45. The van der Waals surface area contributed by atoms with Crippen molar-refractivity contribution >= 4 is 28.2 Å². The molecule has 2 amide bonds. The maximum absolute atomic E-state index is 13.8. The van der Waals surface area contributed by atoms with E-state index >= 15 is 0 Å². The van der Waals surface area contributed by atoms with Gasteiger partial charge in [-0.1, -0.05) is 23.5 Å². The third kappa shape index (κ3) is 3.23. The van der Waals surface area contributed by atoms with E-state index in [1.54, 1.807) is 24.3 Å². The molecule has 0 unspecified atom stereocenters. The lowest BCUT2D eigenvalue weighted by molar-refractivity contribution is 0.257. The van der Waals surface area contributed by atoms with Crippen LogP contribution in [0.5, 0.6) is 10.8 Å². The van der Waals surface area contributed by atoms with Crippen LogP contribution >= 0.6 is 11.3 Å². The first-order valence-electron chi connectivity index (χ1n) is 7.85. The van der Waals surface area contributed by atoms with Crippen molar-refractivity contribution in [2.45, 2.75) is 6.42 Å². The Bertz CT molecular complexity index is 977. The van der Waals surface area contributed by atoms with Gasteiger partial charge in [0.15, 0.2) is 5.13 Å². The molecule has 1 aromatic heterocycles. The number of benzene rings is 2. The molecule has 132 valence electrons. The van der Waals surface area contributed by atoms with Gasteiger partial charge in [-0.3, -0.25) is 10.2 Å². The first kappa shape index (κ1) is 16.5. The lowest BCUT2D eigenvalue weighted by Gasteiger charge is -2.16. The maximum atomic E-state index is 13.8. The number of carbonyl (C=O) groups excluding carboxylic acids is 1. The number of hydrogen-bond donors (Lipinski definition) is 1. The molecule has 0 bridgehead atoms. The number of anilines is 2. The third-order valence-electron chi connectivity index (χ3n) is 3.93. The second-order valence-electron chi connectivity index (χ2n) is 5.61. The molecule has 0 saturated carbocycles. The zero-order valence-corrected chi connectivity index (χ0v) is 14.2. The minimum Gasteiger partial charge on any atom is -0.445 e. The summed E-state index contributed by atoms with van der Waals surface area (Å²) in [4.78, 5) is 18.0. The molecule has 0 atom stereocenters. The summed E-state index contributed by atoms with van der Waals surface area (Å²) in [6.45, 7) is 0.403. The molecule has 0 radical (unpaired) electrons. The number of nitrogens with zero attached hydrogens (tertiary/aromatic N) is 2. The summed E-state index contributed by atoms with van der Waals surface area (Å²) >= 11 is 1.12. The van der Waals surface area contributed by atoms with E-state index in [2.05, 4.69) is 10.3 Å². The van der Waals surface area contributed by atoms with E-state index in [1.165, 1.54) is 29.3 Å². The molecular formula is C18H13F2N3O2S. The highest BCUT2D eigenvalue weighted by Crippen LogP contribution is 2.33. The minimum atomic E-state index is -0.402. The highest BCUT2D eigenvalue weighted by Gasteiger charge is 2.27. The Labute approximate surface area is 151 Å². The average Bonchev–Trinajstić information content (AvgIpc) is 3.22. The summed E-state index contributed by atoms with van der Waals surface area (Å²) in [5.41, 5.74) is 1.10. The molecule has 0 spiro atoms. The molecule has 2 heterocycles. The Morgan fingerprint density at radius 2 is 2.08 bits per heavy atom. The summed E-state index contributed by atoms with van der Waals surface area (Å²) in [5, 5.41) is 3.43. The SMILES string of the molecule is O=C(Nc1ncc(Oc2cccc(F)c2)s1)N1CCc2c(F)cccc21. The van der Waals surface area contributed by atoms with E-state index in [1.807, 2.05) is 0 Å². The van der Waals surface area contributed by atoms with E-state index in [0.717, 1.165) is 11.3 Å². The van der Waals surface area contributed by atoms with Gasteiger partial charge in [0, 0.05) is 18.2 Å². The van der Waals surface area contributed by atoms with Gasteiger partial charge in [-0.05, 0) is 30.7 Å². The van der Waals surface area contributed by atoms with E-state index in [4.69, 9.17) is 4.74 Å². The van der Waals surface area contributed by atoms with Crippen LogP contribution in [-0.4, -0.2) is 17.6 Å². The predicted molar refractivity (Wildman–Crippen MR) is 95.1 cm³/mol. The summed E-state index contributed by atoms with van der Waals surface area (Å²) in [5.74, 6) is -0.367. The molecule has 0 saturated heterocycles. The van der Waals surface area contributed by atoms with Crippen LogP contribution in [0, 0.1) is 11.6 Å². The van der Waals surface area contributed by atoms with Gasteiger partial charge < -0.3 is 4.74 Å². The normalized spacial score (nSPS) is 12.8. The van der Waals surface area contributed by atoms with Gasteiger partial charge in [-0.25, -0.2) is 18.6 Å². The van der Waals surface area contributed by atoms with Crippen LogP contribution < -0.4 is 15.0 Å². The Morgan fingerprint density at radius 1 is 1.23 bits per heavy atom. The van der Waals surface area contributed by atoms with E-state index in [0.29, 0.717) is 40.2 Å². The molecule has 5 nitrogen and oxygen atoms in total. The van der Waals surface area contributed by atoms with Crippen LogP contribution in [0.1, 0.15) is 5.56 Å². The average molecular weight is 373 g/mol. The number of hydrogen-bond acceptors (Lipinski definition) is 4. The first-order chi connectivity index (χ1) is 12.6. The molecule has 4 rings (SSSR count). The van der Waals surface area contributed by atoms with Crippen molar-refractivity contribution in [2.75, 3.05) is 16.8 Å². The predicted octanol–water partition coefficient (Wildman–Crippen LogP) is 4.81. The van der Waals surface area contributed by atoms with Gasteiger partial charge in [0.1, 0.15) is 17.4 Å². The Hall–Kier alpha value is -3.00. The molecular weight excluding hydrogens is 360 g/mol. The first-order valence-corrected chi connectivity index (χ1v) is 8.67. The molecule has 2 aromatic carbocycles. The van der Waals surface area contributed by atoms with E-state index in [9.17, 15) is 13.6 Å². The Balaban J connectivity index is 1.45. The van der Waals surface area contributed by atoms with Crippen molar-refractivity contribution in [2.24, 2.45) is 0 Å². The zero-order valence-electron chi connectivity index (χ0n) is 13.4. The summed E-state index contributed by atoms with van der Waals surface area (Å²) in [6.07, 6.45) is 1.92. The fourth-order valence-electron chi connectivity index (χ4n) is 2.77. The Morgan fingerprint density at radius 3 is 2.92 bits per heavy atom. The molecule has 1 aliphatic heterocycles. The van der Waals surface area contributed by atoms with Gasteiger partial charge in [0.25, 0.3) is 0 Å². The van der Waals surface area contributed by atoms with Gasteiger partial charge >= 0.3 is 6.03 Å². The van der Waals surface area contributed by atoms with Crippen LogP contribution in [0.2, 0.25) is 0 Å². The number of halogens is 2. The number of urea groups is 1. The largest absolute Gasteiger partial charge is 0.445 e. The number of aromatic nitrogens is 1. The number of amides is 2. The summed E-state index contributed by atoms with van der Waals surface area (Å²) in [6, 6.07) is 10.0. The quantitative estimate of drug-likeness (QED) is 0.717. The number of rotatable bonds is 3. The van der Waals surface area contributed by atoms with Crippen LogP contribution in [0.3, 0.4) is 0 Å². The highest BCUT2D eigenvalue weighted by molar-refractivity contribution is 7.17. The highest BCUT2D eigenvalue weighted by atomic mass is 32.1. The lowest BCUT2D eigenvalue weighted by Crippen LogP contribution is -2.33. The number of fused-ring (bicyclic) bond motifs is 1. The van der Waals surface area contributed by atoms with Crippen molar-refractivity contribution in [1.29, 1.82) is 0 Å². The lowest BCUT2D eigenvalue weighted by atomic mass is 10.1. The number of thiazole rings is 1. The smallest absolute Gasteiger partial charge is 0.328 e. The summed E-state index contributed by atoms with van der Waals surface area (Å²) in [7, 11) is 0. The second-order valence-corrected chi connectivity index (χ2v) is 6.61. The molecule has 0 aliphatic carbocycles. The van der Waals surface area contributed by atoms with Gasteiger partial charge in [-0.2, -0.15) is 0 Å². The number of carbonyl (C=O) groups is 1. The molecule has 1 aliphatic rings. The van der Waals surface area contributed by atoms with Crippen LogP contribution in [0.15, 0.2) is 48.7 Å². The van der Waals surface area contributed by atoms with E-state index < -0.39 is 5.82 Å². The van der Waals surface area contributed by atoms with Crippen LogP contribution in [0.25, 0.3) is 0 Å². The van der Waals surface area contributed by atoms with Crippen molar-refractivity contribution < 1.29 is 18.3 Å². The molecule has 3 aromatic rings. The molecule has 8 heteroatoms. The zero-order chi connectivity index (χ0) is 18.1. The fraction of sp³-hybridized carbons (Fsp3) is 0.111. The maximum Gasteiger partial charge on any atom is 0.328 e. The topological polar surface area (TPSA) is 54.5 Å². The van der Waals surface area contributed by atoms with Gasteiger partial charge in [0.2, 0.25) is 5.06 Å². The molecule has 26 heavy (non-hydrogen) atoms. The van der Waals surface area contributed by atoms with Crippen molar-refractivity contribution in [3.05, 3.63) is 65.9 Å². The minimum absolute atomic E-state index is 0.308. The Kier molecular flexibility index (Phi) is 4.26. The number of ether oxygens (including phenoxy) is 1. The van der Waals surface area contributed by atoms with Crippen LogP contribution in [0.4, 0.5) is 24.4 Å². The van der Waals surface area contributed by atoms with Gasteiger partial charge in [0.05, 0.1) is 11.9 Å². The molecule has 0 fully saturated rings. The van der Waals surface area contributed by atoms with Gasteiger partial charge in [-0.15, -0.1) is 0 Å². The second kappa shape index (κ2) is 6.72. The van der Waals surface area contributed by atoms with E-state index in [-0.39, 0.29) is 11.8 Å². The third-order valence-corrected chi connectivity index (χ3v) is 4.72.